The molecule has 2 aromatic heterocycles. The Morgan fingerprint density at radius 2 is 2.00 bits per heavy atom. The molecule has 34 heavy (non-hydrogen) atoms. The van der Waals surface area contributed by atoms with Crippen LogP contribution in [0.4, 0.5) is 0 Å². The number of aromatic nitrogens is 4. The van der Waals surface area contributed by atoms with E-state index in [0.29, 0.717) is 30.0 Å². The van der Waals surface area contributed by atoms with Gasteiger partial charge >= 0.3 is 0 Å². The van der Waals surface area contributed by atoms with Crippen LogP contribution in [-0.2, 0) is 0 Å². The summed E-state index contributed by atoms with van der Waals surface area (Å²) in [5.74, 6) is 1.60. The van der Waals surface area contributed by atoms with E-state index in [1.54, 1.807) is 24.2 Å². The summed E-state index contributed by atoms with van der Waals surface area (Å²) < 4.78 is 7.10. The number of rotatable bonds is 6. The Labute approximate surface area is 200 Å². The van der Waals surface area contributed by atoms with Crippen molar-refractivity contribution >= 4 is 5.91 Å². The molecule has 3 aromatic rings. The summed E-state index contributed by atoms with van der Waals surface area (Å²) >= 11 is 0. The summed E-state index contributed by atoms with van der Waals surface area (Å²) in [7, 11) is 1.64. The van der Waals surface area contributed by atoms with E-state index >= 15 is 0 Å². The number of nitrogens with one attached hydrogen (secondary N) is 1. The standard InChI is InChI=1S/C26H32N6O2/c1-18-21(25(33)28-16-19-8-7-15-31-14-6-5-10-23(19)31)17-29-32(18)26-27-13-12-22(30-26)20-9-3-4-11-24(20)34-2/h3-4,9,11-13,17,19,23H,5-8,10,14-16H2,1-2H3,(H,28,33)/t19-,23+/m0/s1. The number of amides is 1. The Bertz CT molecular complexity index is 1160. The number of ether oxygens (including phenoxy) is 1. The highest BCUT2D eigenvalue weighted by atomic mass is 16.5. The topological polar surface area (TPSA) is 85.2 Å². The first-order valence-corrected chi connectivity index (χ1v) is 12.2. The van der Waals surface area contributed by atoms with Crippen LogP contribution in [0.5, 0.6) is 5.75 Å². The van der Waals surface area contributed by atoms with Gasteiger partial charge in [0, 0.05) is 24.3 Å². The molecule has 2 fully saturated rings. The molecule has 178 valence electrons. The summed E-state index contributed by atoms with van der Waals surface area (Å²) in [5.41, 5.74) is 2.89. The molecular formula is C26H32N6O2. The first-order chi connectivity index (χ1) is 16.7. The number of fused-ring (bicyclic) bond motifs is 1. The molecule has 0 radical (unpaired) electrons. The Kier molecular flexibility index (Phi) is 6.58. The van der Waals surface area contributed by atoms with Gasteiger partial charge in [-0.3, -0.25) is 4.79 Å². The van der Waals surface area contributed by atoms with E-state index in [2.05, 4.69) is 20.3 Å². The minimum atomic E-state index is -0.0856. The third-order valence-corrected chi connectivity index (χ3v) is 7.22. The van der Waals surface area contributed by atoms with Crippen molar-refractivity contribution in [1.29, 1.82) is 0 Å². The fourth-order valence-electron chi connectivity index (χ4n) is 5.43. The van der Waals surface area contributed by atoms with Gasteiger partial charge in [0.1, 0.15) is 5.75 Å². The van der Waals surface area contributed by atoms with Gasteiger partial charge in [-0.1, -0.05) is 18.6 Å². The predicted molar refractivity (Wildman–Crippen MR) is 130 cm³/mol. The number of carbonyl (C=O) groups excluding carboxylic acids is 1. The molecule has 2 aliphatic rings. The van der Waals surface area contributed by atoms with Gasteiger partial charge in [-0.05, 0) is 69.8 Å². The van der Waals surface area contributed by atoms with Crippen LogP contribution in [0.15, 0.2) is 42.7 Å². The van der Waals surface area contributed by atoms with Crippen molar-refractivity contribution in [3.8, 4) is 23.0 Å². The molecule has 2 atom stereocenters. The molecule has 0 bridgehead atoms. The van der Waals surface area contributed by atoms with Gasteiger partial charge in [0.25, 0.3) is 11.9 Å². The van der Waals surface area contributed by atoms with E-state index in [-0.39, 0.29) is 5.91 Å². The monoisotopic (exact) mass is 460 g/mol. The molecule has 2 aliphatic heterocycles. The quantitative estimate of drug-likeness (QED) is 0.605. The van der Waals surface area contributed by atoms with Crippen molar-refractivity contribution in [3.05, 3.63) is 54.0 Å². The number of nitrogens with zero attached hydrogens (tertiary/aromatic N) is 5. The first-order valence-electron chi connectivity index (χ1n) is 12.2. The minimum absolute atomic E-state index is 0.0856. The average Bonchev–Trinajstić information content (AvgIpc) is 3.28. The lowest BCUT2D eigenvalue weighted by Gasteiger charge is -2.44. The van der Waals surface area contributed by atoms with E-state index in [9.17, 15) is 4.79 Å². The lowest BCUT2D eigenvalue weighted by molar-refractivity contribution is 0.0575. The second kappa shape index (κ2) is 9.93. The third-order valence-electron chi connectivity index (χ3n) is 7.22. The second-order valence-electron chi connectivity index (χ2n) is 9.21. The van der Waals surface area contributed by atoms with Crippen LogP contribution in [0.3, 0.4) is 0 Å². The molecule has 0 spiro atoms. The molecule has 5 rings (SSSR count). The molecule has 0 saturated carbocycles. The zero-order valence-corrected chi connectivity index (χ0v) is 19.9. The number of piperidine rings is 2. The summed E-state index contributed by atoms with van der Waals surface area (Å²) in [5, 5.41) is 7.62. The molecule has 0 unspecified atom stereocenters. The fraction of sp³-hybridized carbons (Fsp3) is 0.462. The Balaban J connectivity index is 1.31. The highest BCUT2D eigenvalue weighted by molar-refractivity contribution is 5.95. The Morgan fingerprint density at radius 3 is 2.88 bits per heavy atom. The van der Waals surface area contributed by atoms with Crippen LogP contribution in [0.25, 0.3) is 17.2 Å². The van der Waals surface area contributed by atoms with Crippen LogP contribution < -0.4 is 10.1 Å². The number of methoxy groups -OCH3 is 1. The summed E-state index contributed by atoms with van der Waals surface area (Å²) in [6.45, 7) is 5.00. The predicted octanol–water partition coefficient (Wildman–Crippen LogP) is 3.64. The van der Waals surface area contributed by atoms with E-state index in [1.165, 1.54) is 45.2 Å². The number of para-hydroxylation sites is 1. The third kappa shape index (κ3) is 4.42. The lowest BCUT2D eigenvalue weighted by Crippen LogP contribution is -2.51. The molecule has 0 aliphatic carbocycles. The van der Waals surface area contributed by atoms with E-state index < -0.39 is 0 Å². The molecule has 1 amide bonds. The molecule has 1 N–H and O–H groups in total. The number of carbonyl (C=O) groups is 1. The molecule has 2 saturated heterocycles. The maximum atomic E-state index is 13.0. The van der Waals surface area contributed by atoms with Gasteiger partial charge in [-0.15, -0.1) is 0 Å². The lowest BCUT2D eigenvalue weighted by atomic mass is 9.83. The van der Waals surface area contributed by atoms with Crippen molar-refractivity contribution in [2.45, 2.75) is 45.1 Å². The highest BCUT2D eigenvalue weighted by Gasteiger charge is 2.33. The Hall–Kier alpha value is -3.26. The van der Waals surface area contributed by atoms with Gasteiger partial charge in [-0.2, -0.15) is 5.10 Å². The second-order valence-corrected chi connectivity index (χ2v) is 9.21. The van der Waals surface area contributed by atoms with Crippen molar-refractivity contribution in [2.24, 2.45) is 5.92 Å². The molecular weight excluding hydrogens is 428 g/mol. The smallest absolute Gasteiger partial charge is 0.254 e. The molecule has 8 nitrogen and oxygen atoms in total. The van der Waals surface area contributed by atoms with Gasteiger partial charge in [0.05, 0.1) is 30.3 Å². The number of hydrogen-bond acceptors (Lipinski definition) is 6. The van der Waals surface area contributed by atoms with Crippen molar-refractivity contribution in [1.82, 2.24) is 30.0 Å². The molecule has 8 heteroatoms. The van der Waals surface area contributed by atoms with Crippen LogP contribution in [-0.4, -0.2) is 63.3 Å². The van der Waals surface area contributed by atoms with Crippen LogP contribution in [0.1, 0.15) is 48.2 Å². The van der Waals surface area contributed by atoms with Gasteiger partial charge in [0.15, 0.2) is 0 Å². The maximum absolute atomic E-state index is 13.0. The van der Waals surface area contributed by atoms with Crippen molar-refractivity contribution < 1.29 is 9.53 Å². The van der Waals surface area contributed by atoms with E-state index in [4.69, 9.17) is 9.72 Å². The largest absolute Gasteiger partial charge is 0.496 e. The zero-order chi connectivity index (χ0) is 23.5. The van der Waals surface area contributed by atoms with E-state index in [0.717, 1.165) is 22.7 Å². The number of hydrogen-bond donors (Lipinski definition) is 1. The SMILES string of the molecule is COc1ccccc1-c1ccnc(-n2ncc(C(=O)NC[C@@H]3CCCN4CCCC[C@H]34)c2C)n1. The van der Waals surface area contributed by atoms with Gasteiger partial charge in [-0.25, -0.2) is 14.6 Å². The fourth-order valence-corrected chi connectivity index (χ4v) is 5.43. The zero-order valence-electron chi connectivity index (χ0n) is 19.9. The highest BCUT2D eigenvalue weighted by Crippen LogP contribution is 2.31. The van der Waals surface area contributed by atoms with Crippen molar-refractivity contribution in [2.75, 3.05) is 26.7 Å². The number of benzene rings is 1. The molecule has 1 aromatic carbocycles. The summed E-state index contributed by atoms with van der Waals surface area (Å²) in [6.07, 6.45) is 9.55. The maximum Gasteiger partial charge on any atom is 0.254 e. The summed E-state index contributed by atoms with van der Waals surface area (Å²) in [6, 6.07) is 10.2. The van der Waals surface area contributed by atoms with E-state index in [1.807, 2.05) is 37.3 Å². The average molecular weight is 461 g/mol. The molecule has 4 heterocycles. The first kappa shape index (κ1) is 22.5. The summed E-state index contributed by atoms with van der Waals surface area (Å²) in [4.78, 5) is 24.8. The normalized spacial score (nSPS) is 20.5. The van der Waals surface area contributed by atoms with Gasteiger partial charge in [0.2, 0.25) is 0 Å². The van der Waals surface area contributed by atoms with Crippen LogP contribution in [0, 0.1) is 12.8 Å². The Morgan fingerprint density at radius 1 is 1.15 bits per heavy atom. The van der Waals surface area contributed by atoms with Crippen LogP contribution in [0.2, 0.25) is 0 Å². The van der Waals surface area contributed by atoms with Crippen molar-refractivity contribution in [3.63, 3.8) is 0 Å². The minimum Gasteiger partial charge on any atom is -0.496 e. The van der Waals surface area contributed by atoms with Crippen LogP contribution >= 0.6 is 0 Å². The van der Waals surface area contributed by atoms with Gasteiger partial charge < -0.3 is 15.0 Å².